The highest BCUT2D eigenvalue weighted by atomic mass is 16.5. The van der Waals surface area contributed by atoms with E-state index in [0.717, 1.165) is 25.1 Å². The molecule has 1 fully saturated rings. The number of nitrogens with two attached hydrogens (primary N) is 1. The van der Waals surface area contributed by atoms with E-state index in [1.165, 1.54) is 24.0 Å². The van der Waals surface area contributed by atoms with Gasteiger partial charge in [-0.05, 0) is 54.8 Å². The maximum Gasteiger partial charge on any atom is 0.122 e. The molecular weight excluding hydrogens is 198 g/mol. The van der Waals surface area contributed by atoms with Gasteiger partial charge in [-0.25, -0.2) is 0 Å². The molecule has 88 valence electrons. The van der Waals surface area contributed by atoms with Crippen LogP contribution in [0.3, 0.4) is 0 Å². The van der Waals surface area contributed by atoms with Gasteiger partial charge in [0.2, 0.25) is 0 Å². The number of methoxy groups -OCH3 is 1. The minimum atomic E-state index is 0.375. The number of ether oxygens (including phenoxy) is 1. The molecule has 0 radical (unpaired) electrons. The van der Waals surface area contributed by atoms with Crippen molar-refractivity contribution < 1.29 is 4.74 Å². The number of hydrogen-bond acceptors (Lipinski definition) is 2. The zero-order valence-corrected chi connectivity index (χ0v) is 10.3. The normalized spacial score (nSPS) is 17.2. The summed E-state index contributed by atoms with van der Waals surface area (Å²) in [6.07, 6.45) is 4.68. The largest absolute Gasteiger partial charge is 0.496 e. The molecule has 0 heterocycles. The highest BCUT2D eigenvalue weighted by Crippen LogP contribution is 2.48. The number of aryl methyl sites for hydroxylation is 1. The van der Waals surface area contributed by atoms with E-state index in [2.05, 4.69) is 25.1 Å². The average molecular weight is 219 g/mol. The summed E-state index contributed by atoms with van der Waals surface area (Å²) in [7, 11) is 1.74. The molecule has 0 atom stereocenters. The Labute approximate surface area is 97.8 Å². The monoisotopic (exact) mass is 219 g/mol. The first-order valence-corrected chi connectivity index (χ1v) is 6.09. The quantitative estimate of drug-likeness (QED) is 0.826. The van der Waals surface area contributed by atoms with Gasteiger partial charge in [0.1, 0.15) is 5.75 Å². The van der Waals surface area contributed by atoms with Crippen molar-refractivity contribution in [2.45, 2.75) is 32.6 Å². The van der Waals surface area contributed by atoms with Crippen molar-refractivity contribution in [3.8, 4) is 5.75 Å². The summed E-state index contributed by atoms with van der Waals surface area (Å²) in [5.74, 6) is 1.01. The van der Waals surface area contributed by atoms with Gasteiger partial charge in [0, 0.05) is 0 Å². The molecule has 0 unspecified atom stereocenters. The van der Waals surface area contributed by atoms with Crippen molar-refractivity contribution in [3.05, 3.63) is 29.3 Å². The van der Waals surface area contributed by atoms with Crippen LogP contribution in [0.2, 0.25) is 0 Å². The molecule has 1 saturated carbocycles. The van der Waals surface area contributed by atoms with Crippen LogP contribution in [0, 0.1) is 5.41 Å². The Bertz CT molecular complexity index is 369. The summed E-state index contributed by atoms with van der Waals surface area (Å²) in [5, 5.41) is 0. The van der Waals surface area contributed by atoms with E-state index >= 15 is 0 Å². The van der Waals surface area contributed by atoms with Gasteiger partial charge in [-0.3, -0.25) is 0 Å². The van der Waals surface area contributed by atoms with Crippen LogP contribution in [0.15, 0.2) is 18.2 Å². The van der Waals surface area contributed by atoms with Crippen molar-refractivity contribution in [3.63, 3.8) is 0 Å². The predicted octanol–water partition coefficient (Wildman–Crippen LogP) is 2.54. The SMILES string of the molecule is CCc1ccc(OC)c(CC2(CN)CC2)c1. The van der Waals surface area contributed by atoms with Crippen LogP contribution in [-0.2, 0) is 12.8 Å². The lowest BCUT2D eigenvalue weighted by Gasteiger charge is -2.16. The van der Waals surface area contributed by atoms with E-state index in [1.54, 1.807) is 7.11 Å². The molecule has 2 nitrogen and oxygen atoms in total. The molecule has 2 N–H and O–H groups in total. The Kier molecular flexibility index (Phi) is 3.20. The van der Waals surface area contributed by atoms with E-state index in [4.69, 9.17) is 10.5 Å². The molecule has 0 aromatic heterocycles. The molecule has 0 aliphatic heterocycles. The van der Waals surface area contributed by atoms with Crippen LogP contribution >= 0.6 is 0 Å². The van der Waals surface area contributed by atoms with E-state index in [0.29, 0.717) is 5.41 Å². The molecule has 16 heavy (non-hydrogen) atoms. The summed E-state index contributed by atoms with van der Waals surface area (Å²) in [6.45, 7) is 2.98. The Balaban J connectivity index is 2.23. The Hall–Kier alpha value is -1.02. The van der Waals surface area contributed by atoms with Crippen molar-refractivity contribution in [2.75, 3.05) is 13.7 Å². The lowest BCUT2D eigenvalue weighted by atomic mass is 9.94. The zero-order valence-electron chi connectivity index (χ0n) is 10.3. The second kappa shape index (κ2) is 4.46. The van der Waals surface area contributed by atoms with Gasteiger partial charge in [-0.2, -0.15) is 0 Å². The van der Waals surface area contributed by atoms with Crippen LogP contribution in [0.5, 0.6) is 5.75 Å². The third-order valence-corrected chi connectivity index (χ3v) is 3.71. The minimum absolute atomic E-state index is 0.375. The second-order valence-electron chi connectivity index (χ2n) is 4.88. The van der Waals surface area contributed by atoms with Crippen molar-refractivity contribution in [1.29, 1.82) is 0 Å². The smallest absolute Gasteiger partial charge is 0.122 e. The summed E-state index contributed by atoms with van der Waals surface area (Å²) in [6, 6.07) is 6.50. The third kappa shape index (κ3) is 2.22. The summed E-state index contributed by atoms with van der Waals surface area (Å²) >= 11 is 0. The Morgan fingerprint density at radius 1 is 1.38 bits per heavy atom. The molecule has 1 aliphatic rings. The summed E-state index contributed by atoms with van der Waals surface area (Å²) < 4.78 is 5.42. The van der Waals surface area contributed by atoms with Gasteiger partial charge in [0.25, 0.3) is 0 Å². The maximum atomic E-state index is 5.84. The van der Waals surface area contributed by atoms with E-state index < -0.39 is 0 Å². The Morgan fingerprint density at radius 3 is 2.62 bits per heavy atom. The molecular formula is C14H21NO. The van der Waals surface area contributed by atoms with Gasteiger partial charge >= 0.3 is 0 Å². The summed E-state index contributed by atoms with van der Waals surface area (Å²) in [5.41, 5.74) is 8.91. The average Bonchev–Trinajstić information content (AvgIpc) is 3.09. The fourth-order valence-corrected chi connectivity index (χ4v) is 2.22. The molecule has 1 aromatic carbocycles. The van der Waals surface area contributed by atoms with E-state index in [1.807, 2.05) is 0 Å². The van der Waals surface area contributed by atoms with Crippen LogP contribution in [0.1, 0.15) is 30.9 Å². The number of benzene rings is 1. The lowest BCUT2D eigenvalue weighted by molar-refractivity contribution is 0.402. The fourth-order valence-electron chi connectivity index (χ4n) is 2.22. The van der Waals surface area contributed by atoms with Crippen molar-refractivity contribution in [2.24, 2.45) is 11.1 Å². The first-order valence-electron chi connectivity index (χ1n) is 6.09. The van der Waals surface area contributed by atoms with Crippen LogP contribution in [0.4, 0.5) is 0 Å². The Morgan fingerprint density at radius 2 is 2.12 bits per heavy atom. The third-order valence-electron chi connectivity index (χ3n) is 3.71. The van der Waals surface area contributed by atoms with E-state index in [9.17, 15) is 0 Å². The lowest BCUT2D eigenvalue weighted by Crippen LogP contribution is -2.18. The van der Waals surface area contributed by atoms with Gasteiger partial charge in [-0.1, -0.05) is 19.1 Å². The fraction of sp³-hybridized carbons (Fsp3) is 0.571. The molecule has 2 rings (SSSR count). The summed E-state index contributed by atoms with van der Waals surface area (Å²) in [4.78, 5) is 0. The molecule has 1 aromatic rings. The first kappa shape index (κ1) is 11.5. The molecule has 0 bridgehead atoms. The molecule has 0 amide bonds. The predicted molar refractivity (Wildman–Crippen MR) is 66.8 cm³/mol. The zero-order chi connectivity index (χ0) is 11.6. The van der Waals surface area contributed by atoms with Crippen LogP contribution in [0.25, 0.3) is 0 Å². The first-order chi connectivity index (χ1) is 7.73. The topological polar surface area (TPSA) is 35.2 Å². The molecule has 0 saturated heterocycles. The van der Waals surface area contributed by atoms with Crippen LogP contribution < -0.4 is 10.5 Å². The number of rotatable bonds is 5. The minimum Gasteiger partial charge on any atom is -0.496 e. The molecule has 1 aliphatic carbocycles. The van der Waals surface area contributed by atoms with Gasteiger partial charge in [0.05, 0.1) is 7.11 Å². The van der Waals surface area contributed by atoms with E-state index in [-0.39, 0.29) is 0 Å². The highest BCUT2D eigenvalue weighted by molar-refractivity contribution is 5.38. The highest BCUT2D eigenvalue weighted by Gasteiger charge is 2.41. The molecule has 2 heteroatoms. The van der Waals surface area contributed by atoms with Crippen molar-refractivity contribution >= 4 is 0 Å². The number of hydrogen-bond donors (Lipinski definition) is 1. The standard InChI is InChI=1S/C14H21NO/c1-3-11-4-5-13(16-2)12(8-11)9-14(10-15)6-7-14/h4-5,8H,3,6-7,9-10,15H2,1-2H3. The second-order valence-corrected chi connectivity index (χ2v) is 4.88. The van der Waals surface area contributed by atoms with Crippen LogP contribution in [-0.4, -0.2) is 13.7 Å². The molecule has 0 spiro atoms. The van der Waals surface area contributed by atoms with Gasteiger partial charge < -0.3 is 10.5 Å². The van der Waals surface area contributed by atoms with Crippen molar-refractivity contribution in [1.82, 2.24) is 0 Å². The maximum absolute atomic E-state index is 5.84. The van der Waals surface area contributed by atoms with Gasteiger partial charge in [-0.15, -0.1) is 0 Å². The van der Waals surface area contributed by atoms with Gasteiger partial charge in [0.15, 0.2) is 0 Å².